The quantitative estimate of drug-likeness (QED) is 0.645. The first-order chi connectivity index (χ1) is 14.3. The van der Waals surface area contributed by atoms with E-state index in [1.807, 2.05) is 30.0 Å². The predicted molar refractivity (Wildman–Crippen MR) is 119 cm³/mol. The fourth-order valence-corrected chi connectivity index (χ4v) is 7.15. The summed E-state index contributed by atoms with van der Waals surface area (Å²) in [6, 6.07) is 9.00. The van der Waals surface area contributed by atoms with E-state index in [9.17, 15) is 13.2 Å². The molecule has 1 amide bonds. The third-order valence-electron chi connectivity index (χ3n) is 5.66. The van der Waals surface area contributed by atoms with E-state index in [2.05, 4.69) is 9.88 Å². The number of hydrogen-bond donors (Lipinski definition) is 0. The van der Waals surface area contributed by atoms with Crippen molar-refractivity contribution in [3.05, 3.63) is 40.4 Å². The Morgan fingerprint density at radius 3 is 2.57 bits per heavy atom. The van der Waals surface area contributed by atoms with E-state index in [1.54, 1.807) is 12.1 Å². The zero-order valence-corrected chi connectivity index (χ0v) is 19.2. The number of aromatic nitrogens is 1. The first-order valence-corrected chi connectivity index (χ1v) is 12.7. The minimum absolute atomic E-state index is 0.0518. The molecular weight excluding hydrogens is 444 g/mol. The van der Waals surface area contributed by atoms with Crippen molar-refractivity contribution in [1.82, 2.24) is 14.2 Å². The van der Waals surface area contributed by atoms with Gasteiger partial charge in [-0.1, -0.05) is 17.7 Å². The number of nitrogens with zero attached hydrogens (tertiary/aromatic N) is 4. The van der Waals surface area contributed by atoms with Crippen LogP contribution in [0, 0.1) is 12.8 Å². The predicted octanol–water partition coefficient (Wildman–Crippen LogP) is 2.85. The second-order valence-electron chi connectivity index (χ2n) is 7.70. The van der Waals surface area contributed by atoms with Gasteiger partial charge >= 0.3 is 0 Å². The van der Waals surface area contributed by atoms with Crippen molar-refractivity contribution in [1.29, 1.82) is 0 Å². The lowest BCUT2D eigenvalue weighted by molar-refractivity contribution is -0.137. The van der Waals surface area contributed by atoms with E-state index in [1.165, 1.54) is 15.6 Å². The summed E-state index contributed by atoms with van der Waals surface area (Å²) in [6.45, 7) is 5.18. The third-order valence-corrected chi connectivity index (χ3v) is 9.20. The summed E-state index contributed by atoms with van der Waals surface area (Å²) in [5, 5.41) is 0.454. The van der Waals surface area contributed by atoms with Crippen LogP contribution in [0.15, 0.2) is 34.5 Å². The number of amides is 1. The molecule has 0 bridgehead atoms. The van der Waals surface area contributed by atoms with Crippen LogP contribution in [0.5, 0.6) is 0 Å². The highest BCUT2D eigenvalue weighted by atomic mass is 35.5. The largest absolute Gasteiger partial charge is 0.353 e. The molecule has 4 heterocycles. The molecule has 0 aromatic carbocycles. The fourth-order valence-electron chi connectivity index (χ4n) is 4.03. The first-order valence-electron chi connectivity index (χ1n) is 10.1. The molecule has 2 aromatic heterocycles. The summed E-state index contributed by atoms with van der Waals surface area (Å²) in [5.74, 6) is 0.581. The first kappa shape index (κ1) is 21.5. The van der Waals surface area contributed by atoms with Crippen LogP contribution in [0.4, 0.5) is 5.82 Å². The Bertz CT molecular complexity index is 1020. The van der Waals surface area contributed by atoms with E-state index in [4.69, 9.17) is 11.6 Å². The molecule has 30 heavy (non-hydrogen) atoms. The SMILES string of the molecule is Cc1ccc(S(=O)(=O)N2CCCC(C(=O)N3CCN(c4cccc(Cl)n4)CC3)C2)s1. The van der Waals surface area contributed by atoms with Gasteiger partial charge in [0.05, 0.1) is 5.92 Å². The molecule has 0 aliphatic carbocycles. The minimum atomic E-state index is -3.54. The molecule has 162 valence electrons. The summed E-state index contributed by atoms with van der Waals surface area (Å²) in [4.78, 5) is 22.4. The normalized spacial score (nSPS) is 21.1. The number of piperazine rings is 1. The van der Waals surface area contributed by atoms with Crippen molar-refractivity contribution in [2.45, 2.75) is 24.0 Å². The number of thiophene rings is 1. The Morgan fingerprint density at radius 2 is 1.90 bits per heavy atom. The highest BCUT2D eigenvalue weighted by Gasteiger charge is 2.36. The smallest absolute Gasteiger partial charge is 0.252 e. The monoisotopic (exact) mass is 468 g/mol. The highest BCUT2D eigenvalue weighted by molar-refractivity contribution is 7.91. The van der Waals surface area contributed by atoms with E-state index in [-0.39, 0.29) is 18.4 Å². The van der Waals surface area contributed by atoms with Gasteiger partial charge in [0.1, 0.15) is 15.2 Å². The molecule has 2 aliphatic rings. The number of carbonyl (C=O) groups is 1. The van der Waals surface area contributed by atoms with Gasteiger partial charge in [-0.25, -0.2) is 13.4 Å². The van der Waals surface area contributed by atoms with Crippen LogP contribution in [0.3, 0.4) is 0 Å². The summed E-state index contributed by atoms with van der Waals surface area (Å²) in [5.41, 5.74) is 0. The Kier molecular flexibility index (Phi) is 6.34. The van der Waals surface area contributed by atoms with Crippen LogP contribution in [0.2, 0.25) is 5.15 Å². The standard InChI is InChI=1S/C20H25ClN4O3S2/c1-15-7-8-19(29-15)30(27,28)25-9-3-4-16(14-25)20(26)24-12-10-23(11-13-24)18-6-2-5-17(21)22-18/h2,5-8,16H,3-4,9-14H2,1H3. The Morgan fingerprint density at radius 1 is 1.13 bits per heavy atom. The van der Waals surface area contributed by atoms with Gasteiger partial charge in [-0.15, -0.1) is 11.3 Å². The average Bonchev–Trinajstić information content (AvgIpc) is 3.21. The molecule has 10 heteroatoms. The lowest BCUT2D eigenvalue weighted by Crippen LogP contribution is -2.53. The maximum atomic E-state index is 13.1. The van der Waals surface area contributed by atoms with Gasteiger partial charge in [0, 0.05) is 44.1 Å². The van der Waals surface area contributed by atoms with Crippen LogP contribution < -0.4 is 4.90 Å². The van der Waals surface area contributed by atoms with Crippen LogP contribution >= 0.6 is 22.9 Å². The molecule has 2 aromatic rings. The number of piperidine rings is 1. The molecule has 7 nitrogen and oxygen atoms in total. The van der Waals surface area contributed by atoms with Crippen LogP contribution in [-0.2, 0) is 14.8 Å². The number of halogens is 1. The Balaban J connectivity index is 1.38. The van der Waals surface area contributed by atoms with Crippen LogP contribution in [-0.4, -0.2) is 67.8 Å². The van der Waals surface area contributed by atoms with Gasteiger partial charge in [-0.05, 0) is 44.0 Å². The second-order valence-corrected chi connectivity index (χ2v) is 11.5. The summed E-state index contributed by atoms with van der Waals surface area (Å²) in [6.07, 6.45) is 1.43. The van der Waals surface area contributed by atoms with Gasteiger partial charge in [-0.3, -0.25) is 4.79 Å². The maximum Gasteiger partial charge on any atom is 0.252 e. The van der Waals surface area contributed by atoms with Crippen LogP contribution in [0.25, 0.3) is 0 Å². The number of anilines is 1. The zero-order chi connectivity index (χ0) is 21.3. The van der Waals surface area contributed by atoms with E-state index >= 15 is 0 Å². The number of sulfonamides is 1. The van der Waals surface area contributed by atoms with Gasteiger partial charge in [0.2, 0.25) is 5.91 Å². The maximum absolute atomic E-state index is 13.1. The van der Waals surface area contributed by atoms with Crippen molar-refractivity contribution < 1.29 is 13.2 Å². The van der Waals surface area contributed by atoms with E-state index in [0.717, 1.165) is 17.1 Å². The minimum Gasteiger partial charge on any atom is -0.353 e. The second kappa shape index (κ2) is 8.82. The lowest BCUT2D eigenvalue weighted by atomic mass is 9.98. The summed E-state index contributed by atoms with van der Waals surface area (Å²) >= 11 is 7.26. The van der Waals surface area contributed by atoms with Crippen molar-refractivity contribution in [3.8, 4) is 0 Å². The fraction of sp³-hybridized carbons (Fsp3) is 0.500. The average molecular weight is 469 g/mol. The molecule has 0 radical (unpaired) electrons. The van der Waals surface area contributed by atoms with Gasteiger partial charge < -0.3 is 9.80 Å². The third kappa shape index (κ3) is 4.49. The topological polar surface area (TPSA) is 73.8 Å². The zero-order valence-electron chi connectivity index (χ0n) is 16.8. The number of hydrogen-bond acceptors (Lipinski definition) is 6. The summed E-state index contributed by atoms with van der Waals surface area (Å²) < 4.78 is 27.8. The van der Waals surface area contributed by atoms with E-state index < -0.39 is 10.0 Å². The molecule has 0 N–H and O–H groups in total. The Labute approximate surface area is 186 Å². The van der Waals surface area contributed by atoms with Crippen molar-refractivity contribution in [2.24, 2.45) is 5.92 Å². The van der Waals surface area contributed by atoms with Gasteiger partial charge in [-0.2, -0.15) is 4.31 Å². The molecule has 2 aliphatic heterocycles. The molecular formula is C20H25ClN4O3S2. The number of rotatable bonds is 4. The van der Waals surface area contributed by atoms with E-state index in [0.29, 0.717) is 48.5 Å². The molecule has 0 spiro atoms. The van der Waals surface area contributed by atoms with Crippen LogP contribution in [0.1, 0.15) is 17.7 Å². The van der Waals surface area contributed by atoms with Crippen molar-refractivity contribution in [2.75, 3.05) is 44.2 Å². The van der Waals surface area contributed by atoms with Crippen molar-refractivity contribution >= 4 is 44.7 Å². The molecule has 2 fully saturated rings. The molecule has 1 unspecified atom stereocenters. The molecule has 4 rings (SSSR count). The highest BCUT2D eigenvalue weighted by Crippen LogP contribution is 2.29. The molecule has 0 saturated carbocycles. The number of aryl methyl sites for hydroxylation is 1. The van der Waals surface area contributed by atoms with Gasteiger partial charge in [0.15, 0.2) is 0 Å². The molecule has 2 saturated heterocycles. The number of pyridine rings is 1. The lowest BCUT2D eigenvalue weighted by Gasteiger charge is -2.39. The number of carbonyl (C=O) groups excluding carboxylic acids is 1. The summed E-state index contributed by atoms with van der Waals surface area (Å²) in [7, 11) is -3.54. The molecule has 1 atom stereocenters. The van der Waals surface area contributed by atoms with Gasteiger partial charge in [0.25, 0.3) is 10.0 Å². The Hall–Kier alpha value is -1.68. The van der Waals surface area contributed by atoms with Crippen molar-refractivity contribution in [3.63, 3.8) is 0 Å².